The number of hydrogen-bond acceptors (Lipinski definition) is 2. The normalized spacial score (nSPS) is 23.1. The van der Waals surface area contributed by atoms with Gasteiger partial charge in [0.2, 0.25) is 0 Å². The fourth-order valence-corrected chi connectivity index (χ4v) is 2.91. The standard InChI is InChI=1S/C15H21ClFNO/c1-15(19,10-12-4-2-3-7-18-12)9-11-5-6-13(16)14(17)8-11/h5-6,8,12,18-19H,2-4,7,9-10H2,1H3. The molecule has 2 nitrogen and oxygen atoms in total. The maximum Gasteiger partial charge on any atom is 0.142 e. The zero-order valence-electron chi connectivity index (χ0n) is 11.3. The fourth-order valence-electron chi connectivity index (χ4n) is 2.79. The van der Waals surface area contributed by atoms with Crippen LogP contribution in [0.5, 0.6) is 0 Å². The summed E-state index contributed by atoms with van der Waals surface area (Å²) < 4.78 is 13.4. The van der Waals surface area contributed by atoms with E-state index in [1.807, 2.05) is 6.92 Å². The summed E-state index contributed by atoms with van der Waals surface area (Å²) in [4.78, 5) is 0. The summed E-state index contributed by atoms with van der Waals surface area (Å²) in [6, 6.07) is 5.08. The molecular weight excluding hydrogens is 265 g/mol. The van der Waals surface area contributed by atoms with Crippen molar-refractivity contribution in [3.8, 4) is 0 Å². The van der Waals surface area contributed by atoms with Gasteiger partial charge in [0.05, 0.1) is 10.6 Å². The number of halogens is 2. The summed E-state index contributed by atoms with van der Waals surface area (Å²) in [5.41, 5.74) is -0.0438. The topological polar surface area (TPSA) is 32.3 Å². The van der Waals surface area contributed by atoms with Gasteiger partial charge in [0, 0.05) is 12.5 Å². The first-order chi connectivity index (χ1) is 8.96. The molecule has 0 aromatic heterocycles. The Kier molecular flexibility index (Phi) is 4.82. The molecule has 2 unspecified atom stereocenters. The summed E-state index contributed by atoms with van der Waals surface area (Å²) in [5.74, 6) is -0.425. The summed E-state index contributed by atoms with van der Waals surface area (Å²) in [6.45, 7) is 2.84. The summed E-state index contributed by atoms with van der Waals surface area (Å²) in [7, 11) is 0. The highest BCUT2D eigenvalue weighted by Crippen LogP contribution is 2.24. The number of piperidine rings is 1. The molecule has 1 aliphatic heterocycles. The van der Waals surface area contributed by atoms with Crippen LogP contribution in [0.4, 0.5) is 4.39 Å². The van der Waals surface area contributed by atoms with Gasteiger partial charge < -0.3 is 10.4 Å². The molecule has 0 amide bonds. The molecule has 0 bridgehead atoms. The van der Waals surface area contributed by atoms with Crippen LogP contribution in [-0.2, 0) is 6.42 Å². The molecule has 2 N–H and O–H groups in total. The van der Waals surface area contributed by atoms with Crippen LogP contribution in [0.1, 0.15) is 38.2 Å². The molecule has 19 heavy (non-hydrogen) atoms. The number of rotatable bonds is 4. The highest BCUT2D eigenvalue weighted by Gasteiger charge is 2.26. The second-order valence-corrected chi connectivity index (χ2v) is 6.18. The van der Waals surface area contributed by atoms with E-state index in [4.69, 9.17) is 11.6 Å². The van der Waals surface area contributed by atoms with Gasteiger partial charge in [0.1, 0.15) is 5.82 Å². The molecule has 0 saturated carbocycles. The van der Waals surface area contributed by atoms with Crippen molar-refractivity contribution in [2.24, 2.45) is 0 Å². The van der Waals surface area contributed by atoms with Crippen molar-refractivity contribution in [2.45, 2.75) is 50.7 Å². The second-order valence-electron chi connectivity index (χ2n) is 5.77. The number of nitrogens with one attached hydrogen (secondary N) is 1. The lowest BCUT2D eigenvalue weighted by Crippen LogP contribution is -2.41. The van der Waals surface area contributed by atoms with Crippen LogP contribution in [0.2, 0.25) is 5.02 Å². The molecule has 2 rings (SSSR count). The average molecular weight is 286 g/mol. The molecule has 0 radical (unpaired) electrons. The summed E-state index contributed by atoms with van der Waals surface area (Å²) in [6.07, 6.45) is 4.66. The van der Waals surface area contributed by atoms with E-state index in [1.54, 1.807) is 12.1 Å². The lowest BCUT2D eigenvalue weighted by Gasteiger charge is -2.31. The van der Waals surface area contributed by atoms with Crippen molar-refractivity contribution in [2.75, 3.05) is 6.54 Å². The minimum Gasteiger partial charge on any atom is -0.390 e. The van der Waals surface area contributed by atoms with Crippen molar-refractivity contribution < 1.29 is 9.50 Å². The minimum atomic E-state index is -0.824. The Bertz CT molecular complexity index is 430. The molecule has 1 aromatic rings. The lowest BCUT2D eigenvalue weighted by atomic mass is 9.87. The van der Waals surface area contributed by atoms with E-state index in [1.165, 1.54) is 18.9 Å². The number of benzene rings is 1. The van der Waals surface area contributed by atoms with E-state index in [2.05, 4.69) is 5.32 Å². The first-order valence-electron chi connectivity index (χ1n) is 6.86. The second kappa shape index (κ2) is 6.21. The Labute approximate surface area is 119 Å². The van der Waals surface area contributed by atoms with Crippen molar-refractivity contribution >= 4 is 11.6 Å². The third-order valence-electron chi connectivity index (χ3n) is 3.67. The highest BCUT2D eigenvalue weighted by atomic mass is 35.5. The largest absolute Gasteiger partial charge is 0.390 e. The fraction of sp³-hybridized carbons (Fsp3) is 0.600. The number of aliphatic hydroxyl groups is 1. The molecule has 1 fully saturated rings. The van der Waals surface area contributed by atoms with Gasteiger partial charge in [-0.1, -0.05) is 24.1 Å². The molecular formula is C15H21ClFNO. The van der Waals surface area contributed by atoms with E-state index in [0.717, 1.165) is 18.5 Å². The third kappa shape index (κ3) is 4.44. The molecule has 1 heterocycles. The van der Waals surface area contributed by atoms with Gasteiger partial charge in [0.15, 0.2) is 0 Å². The molecule has 0 spiro atoms. The summed E-state index contributed by atoms with van der Waals surface area (Å²) in [5, 5.41) is 14.0. The van der Waals surface area contributed by atoms with Crippen LogP contribution < -0.4 is 5.32 Å². The van der Waals surface area contributed by atoms with E-state index in [9.17, 15) is 9.50 Å². The maximum absolute atomic E-state index is 13.4. The highest BCUT2D eigenvalue weighted by molar-refractivity contribution is 6.30. The van der Waals surface area contributed by atoms with Crippen LogP contribution in [0, 0.1) is 5.82 Å². The van der Waals surface area contributed by atoms with E-state index < -0.39 is 11.4 Å². The van der Waals surface area contributed by atoms with Gasteiger partial charge in [-0.2, -0.15) is 0 Å². The maximum atomic E-state index is 13.4. The summed E-state index contributed by atoms with van der Waals surface area (Å²) >= 11 is 5.66. The third-order valence-corrected chi connectivity index (χ3v) is 3.97. The molecule has 1 saturated heterocycles. The van der Waals surface area contributed by atoms with Crippen molar-refractivity contribution in [3.05, 3.63) is 34.6 Å². The Morgan fingerprint density at radius 1 is 1.47 bits per heavy atom. The molecule has 4 heteroatoms. The average Bonchev–Trinajstić information content (AvgIpc) is 2.34. The lowest BCUT2D eigenvalue weighted by molar-refractivity contribution is 0.0371. The monoisotopic (exact) mass is 285 g/mol. The Morgan fingerprint density at radius 2 is 2.26 bits per heavy atom. The molecule has 1 aliphatic rings. The molecule has 106 valence electrons. The van der Waals surface area contributed by atoms with Crippen LogP contribution >= 0.6 is 11.6 Å². The molecule has 1 aromatic carbocycles. The quantitative estimate of drug-likeness (QED) is 0.890. The Balaban J connectivity index is 1.96. The number of hydrogen-bond donors (Lipinski definition) is 2. The van der Waals surface area contributed by atoms with Gasteiger partial charge in [-0.25, -0.2) is 4.39 Å². The minimum absolute atomic E-state index is 0.123. The van der Waals surface area contributed by atoms with Gasteiger partial charge in [-0.05, 0) is 50.4 Å². The van der Waals surface area contributed by atoms with Gasteiger partial charge in [-0.3, -0.25) is 0 Å². The molecule has 0 aliphatic carbocycles. The van der Waals surface area contributed by atoms with Crippen LogP contribution in [0.25, 0.3) is 0 Å². The van der Waals surface area contributed by atoms with Crippen LogP contribution in [0.3, 0.4) is 0 Å². The smallest absolute Gasteiger partial charge is 0.142 e. The van der Waals surface area contributed by atoms with E-state index in [-0.39, 0.29) is 5.02 Å². The zero-order valence-corrected chi connectivity index (χ0v) is 12.0. The Morgan fingerprint density at radius 3 is 2.89 bits per heavy atom. The van der Waals surface area contributed by atoms with Crippen molar-refractivity contribution in [1.29, 1.82) is 0 Å². The van der Waals surface area contributed by atoms with Crippen molar-refractivity contribution in [3.63, 3.8) is 0 Å². The predicted molar refractivity (Wildman–Crippen MR) is 76.0 cm³/mol. The van der Waals surface area contributed by atoms with Crippen molar-refractivity contribution in [1.82, 2.24) is 5.32 Å². The SMILES string of the molecule is CC(O)(Cc1ccc(Cl)c(F)c1)CC1CCCCN1. The van der Waals surface area contributed by atoms with Crippen LogP contribution in [-0.4, -0.2) is 23.3 Å². The van der Waals surface area contributed by atoms with E-state index >= 15 is 0 Å². The van der Waals surface area contributed by atoms with E-state index in [0.29, 0.717) is 18.9 Å². The van der Waals surface area contributed by atoms with Gasteiger partial charge in [-0.15, -0.1) is 0 Å². The first-order valence-corrected chi connectivity index (χ1v) is 7.24. The first kappa shape index (κ1) is 14.8. The van der Waals surface area contributed by atoms with Crippen LogP contribution in [0.15, 0.2) is 18.2 Å². The predicted octanol–water partition coefficient (Wildman–Crippen LogP) is 3.30. The zero-order chi connectivity index (χ0) is 13.9. The Hall–Kier alpha value is -0.640. The van der Waals surface area contributed by atoms with Gasteiger partial charge >= 0.3 is 0 Å². The van der Waals surface area contributed by atoms with Gasteiger partial charge in [0.25, 0.3) is 0 Å². The molecule has 2 atom stereocenters.